The Morgan fingerprint density at radius 2 is 1.33 bits per heavy atom. The van der Waals surface area contributed by atoms with Crippen LogP contribution in [0.25, 0.3) is 5.69 Å². The van der Waals surface area contributed by atoms with E-state index in [2.05, 4.69) is 26.9 Å². The third kappa shape index (κ3) is 4.32. The molecular weight excluding hydrogens is 432 g/mol. The smallest absolute Gasteiger partial charge is 0.261 e. The summed E-state index contributed by atoms with van der Waals surface area (Å²) in [5, 5.41) is 9.72. The van der Waals surface area contributed by atoms with Gasteiger partial charge in [-0.15, -0.1) is 10.2 Å². The lowest BCUT2D eigenvalue weighted by Crippen LogP contribution is -2.31. The largest absolute Gasteiger partial charge is 0.274 e. The highest BCUT2D eigenvalue weighted by Gasteiger charge is 2.34. The van der Waals surface area contributed by atoms with Gasteiger partial charge < -0.3 is 0 Å². The quantitative estimate of drug-likeness (QED) is 0.220. The van der Waals surface area contributed by atoms with E-state index >= 15 is 0 Å². The van der Waals surface area contributed by atoms with Crippen LogP contribution in [-0.2, 0) is 6.42 Å². The molecule has 0 spiro atoms. The fourth-order valence-corrected chi connectivity index (χ4v) is 4.85. The van der Waals surface area contributed by atoms with Crippen LogP contribution in [0.15, 0.2) is 90.1 Å². The van der Waals surface area contributed by atoms with E-state index < -0.39 is 0 Å². The Hall–Kier alpha value is -3.71. The fourth-order valence-electron chi connectivity index (χ4n) is 3.95. The maximum Gasteiger partial charge on any atom is 0.261 e. The molecule has 5 rings (SSSR count). The van der Waals surface area contributed by atoms with Gasteiger partial charge in [0.1, 0.15) is 5.82 Å². The van der Waals surface area contributed by atoms with E-state index in [9.17, 15) is 9.59 Å². The molecule has 0 aliphatic carbocycles. The monoisotopic (exact) mass is 454 g/mol. The molecule has 2 heterocycles. The zero-order valence-corrected chi connectivity index (χ0v) is 18.7. The molecular formula is C26H22N4O2S. The molecule has 7 heteroatoms. The number of fused-ring (bicyclic) bond motifs is 1. The minimum atomic E-state index is -0.210. The van der Waals surface area contributed by atoms with Gasteiger partial charge in [-0.05, 0) is 36.2 Å². The third-order valence-corrected chi connectivity index (χ3v) is 6.57. The van der Waals surface area contributed by atoms with Crippen LogP contribution in [0.4, 0.5) is 0 Å². The summed E-state index contributed by atoms with van der Waals surface area (Å²) >= 11 is 1.58. The van der Waals surface area contributed by atoms with Gasteiger partial charge in [-0.2, -0.15) is 0 Å². The predicted octanol–water partition coefficient (Wildman–Crippen LogP) is 4.64. The Morgan fingerprint density at radius 1 is 0.727 bits per heavy atom. The summed E-state index contributed by atoms with van der Waals surface area (Å²) in [6.07, 6.45) is 1.35. The molecule has 0 N–H and O–H groups in total. The Bertz CT molecular complexity index is 1250. The van der Waals surface area contributed by atoms with Crippen LogP contribution in [0, 0.1) is 0 Å². The lowest BCUT2D eigenvalue weighted by Gasteiger charge is -2.14. The molecule has 1 aromatic heterocycles. The molecule has 1 aliphatic rings. The Labute approximate surface area is 196 Å². The van der Waals surface area contributed by atoms with Gasteiger partial charge >= 0.3 is 0 Å². The van der Waals surface area contributed by atoms with E-state index in [1.807, 2.05) is 48.5 Å². The molecule has 0 atom stereocenters. The van der Waals surface area contributed by atoms with Gasteiger partial charge in [-0.25, -0.2) is 0 Å². The summed E-state index contributed by atoms with van der Waals surface area (Å²) in [5.74, 6) is 1.16. The van der Waals surface area contributed by atoms with Crippen molar-refractivity contribution in [1.82, 2.24) is 19.7 Å². The number of rotatable bonds is 8. The van der Waals surface area contributed by atoms with Gasteiger partial charge in [0.25, 0.3) is 11.8 Å². The van der Waals surface area contributed by atoms with E-state index in [1.165, 1.54) is 10.5 Å². The summed E-state index contributed by atoms with van der Waals surface area (Å²) in [4.78, 5) is 26.5. The first kappa shape index (κ1) is 21.2. The summed E-state index contributed by atoms with van der Waals surface area (Å²) < 4.78 is 2.08. The average Bonchev–Trinajstić information content (AvgIpc) is 3.36. The zero-order chi connectivity index (χ0) is 22.6. The first-order valence-corrected chi connectivity index (χ1v) is 11.8. The lowest BCUT2D eigenvalue weighted by atomic mass is 10.1. The molecule has 2 amide bonds. The van der Waals surface area contributed by atoms with Crippen molar-refractivity contribution in [3.63, 3.8) is 0 Å². The van der Waals surface area contributed by atoms with Crippen LogP contribution in [0.5, 0.6) is 0 Å². The number of para-hydroxylation sites is 1. The summed E-state index contributed by atoms with van der Waals surface area (Å²) in [6.45, 7) is 0.385. The van der Waals surface area contributed by atoms with Gasteiger partial charge in [0, 0.05) is 24.4 Å². The van der Waals surface area contributed by atoms with Crippen LogP contribution >= 0.6 is 11.8 Å². The van der Waals surface area contributed by atoms with Gasteiger partial charge in [-0.1, -0.05) is 72.4 Å². The molecule has 1 aliphatic heterocycles. The first-order valence-electron chi connectivity index (χ1n) is 10.8. The highest BCUT2D eigenvalue weighted by Crippen LogP contribution is 2.26. The number of nitrogens with zero attached hydrogens (tertiary/aromatic N) is 4. The van der Waals surface area contributed by atoms with Crippen LogP contribution in [0.3, 0.4) is 0 Å². The van der Waals surface area contributed by atoms with Crippen molar-refractivity contribution < 1.29 is 9.59 Å². The maximum absolute atomic E-state index is 12.6. The summed E-state index contributed by atoms with van der Waals surface area (Å²) in [7, 11) is 0. The normalized spacial score (nSPS) is 12.9. The third-order valence-electron chi connectivity index (χ3n) is 5.56. The SMILES string of the molecule is O=C1c2ccccc2C(=O)N1CCCSc1nnc(Cc2ccccc2)n1-c1ccccc1. The van der Waals surface area contributed by atoms with Crippen LogP contribution in [0.2, 0.25) is 0 Å². The van der Waals surface area contributed by atoms with Crippen molar-refractivity contribution in [1.29, 1.82) is 0 Å². The number of imide groups is 1. The van der Waals surface area contributed by atoms with E-state index in [4.69, 9.17) is 0 Å². The minimum absolute atomic E-state index is 0.210. The van der Waals surface area contributed by atoms with Crippen molar-refractivity contribution in [2.75, 3.05) is 12.3 Å². The lowest BCUT2D eigenvalue weighted by molar-refractivity contribution is 0.0655. The number of amides is 2. The number of thioether (sulfide) groups is 1. The Morgan fingerprint density at radius 3 is 2.00 bits per heavy atom. The average molecular weight is 455 g/mol. The summed E-state index contributed by atoms with van der Waals surface area (Å²) in [6, 6.07) is 27.3. The van der Waals surface area contributed by atoms with Crippen molar-refractivity contribution in [3.05, 3.63) is 107 Å². The number of hydrogen-bond donors (Lipinski definition) is 0. The Kier molecular flexibility index (Phi) is 6.04. The highest BCUT2D eigenvalue weighted by molar-refractivity contribution is 7.99. The fraction of sp³-hybridized carbons (Fsp3) is 0.154. The number of benzene rings is 3. The predicted molar refractivity (Wildman–Crippen MR) is 128 cm³/mol. The standard InChI is InChI=1S/C26H22N4O2S/c31-24-21-14-7-8-15-22(21)25(32)29(24)16-9-17-33-26-28-27-23(18-19-10-3-1-4-11-19)30(26)20-12-5-2-6-13-20/h1-8,10-15H,9,16-18H2. The summed E-state index contributed by atoms with van der Waals surface area (Å²) in [5.41, 5.74) is 3.16. The number of carbonyl (C=O) groups is 2. The topological polar surface area (TPSA) is 68.1 Å². The molecule has 33 heavy (non-hydrogen) atoms. The van der Waals surface area contributed by atoms with Crippen molar-refractivity contribution in [3.8, 4) is 5.69 Å². The Balaban J connectivity index is 1.28. The molecule has 0 radical (unpaired) electrons. The van der Waals surface area contributed by atoms with Crippen molar-refractivity contribution in [2.24, 2.45) is 0 Å². The molecule has 3 aromatic carbocycles. The first-order chi connectivity index (χ1) is 16.2. The molecule has 6 nitrogen and oxygen atoms in total. The van der Waals surface area contributed by atoms with E-state index in [1.54, 1.807) is 36.0 Å². The van der Waals surface area contributed by atoms with Crippen LogP contribution < -0.4 is 0 Å². The maximum atomic E-state index is 12.6. The minimum Gasteiger partial charge on any atom is -0.274 e. The second-order valence-electron chi connectivity index (χ2n) is 7.74. The van der Waals surface area contributed by atoms with Crippen LogP contribution in [0.1, 0.15) is 38.5 Å². The molecule has 0 saturated carbocycles. The van der Waals surface area contributed by atoms with Crippen molar-refractivity contribution >= 4 is 23.6 Å². The van der Waals surface area contributed by atoms with Gasteiger partial charge in [-0.3, -0.25) is 19.1 Å². The molecule has 0 saturated heterocycles. The van der Waals surface area contributed by atoms with Gasteiger partial charge in [0.2, 0.25) is 0 Å². The van der Waals surface area contributed by atoms with E-state index in [0.717, 1.165) is 16.7 Å². The van der Waals surface area contributed by atoms with Gasteiger partial charge in [0.15, 0.2) is 5.16 Å². The van der Waals surface area contributed by atoms with Gasteiger partial charge in [0.05, 0.1) is 11.1 Å². The molecule has 0 unspecified atom stereocenters. The number of carbonyl (C=O) groups excluding carboxylic acids is 2. The second kappa shape index (κ2) is 9.42. The van der Waals surface area contributed by atoms with Crippen LogP contribution in [-0.4, -0.2) is 43.8 Å². The molecule has 164 valence electrons. The number of aromatic nitrogens is 3. The highest BCUT2D eigenvalue weighted by atomic mass is 32.2. The molecule has 4 aromatic rings. The van der Waals surface area contributed by atoms with E-state index in [-0.39, 0.29) is 11.8 Å². The number of hydrogen-bond acceptors (Lipinski definition) is 5. The van der Waals surface area contributed by atoms with Crippen molar-refractivity contribution in [2.45, 2.75) is 18.0 Å². The second-order valence-corrected chi connectivity index (χ2v) is 8.80. The molecule has 0 fully saturated rings. The zero-order valence-electron chi connectivity index (χ0n) is 17.9. The molecule has 0 bridgehead atoms. The van der Waals surface area contributed by atoms with E-state index in [0.29, 0.717) is 36.3 Å².